The van der Waals surface area contributed by atoms with Gasteiger partial charge in [0.2, 0.25) is 0 Å². The minimum atomic E-state index is -0.339. The number of phenols is 1. The quantitative estimate of drug-likeness (QED) is 0.889. The van der Waals surface area contributed by atoms with Crippen LogP contribution in [0.5, 0.6) is 11.5 Å². The summed E-state index contributed by atoms with van der Waals surface area (Å²) in [6, 6.07) is 14.2. The fourth-order valence-electron chi connectivity index (χ4n) is 2.35. The summed E-state index contributed by atoms with van der Waals surface area (Å²) < 4.78 is 5.76. The lowest BCUT2D eigenvalue weighted by atomic mass is 10.1. The van der Waals surface area contributed by atoms with Crippen LogP contribution in [0.1, 0.15) is 22.3 Å². The topological polar surface area (TPSA) is 70.9 Å². The Kier molecular flexibility index (Phi) is 4.91. The first-order chi connectivity index (χ1) is 11.7. The summed E-state index contributed by atoms with van der Waals surface area (Å²) >= 11 is 0. The van der Waals surface area contributed by atoms with Crippen LogP contribution in [0, 0.1) is 0 Å². The zero-order chi connectivity index (χ0) is 16.8. The van der Waals surface area contributed by atoms with E-state index in [1.54, 1.807) is 12.3 Å². The average Bonchev–Trinajstić information content (AvgIpc) is 2.62. The van der Waals surface area contributed by atoms with E-state index in [0.29, 0.717) is 18.1 Å². The van der Waals surface area contributed by atoms with Crippen LogP contribution in [-0.4, -0.2) is 23.8 Å². The molecule has 0 unspecified atom stereocenters. The van der Waals surface area contributed by atoms with Gasteiger partial charge >= 0.3 is 0 Å². The number of nitrogens with one attached hydrogen (secondary N) is 1. The lowest BCUT2D eigenvalue weighted by Crippen LogP contribution is -2.25. The second-order valence-corrected chi connectivity index (χ2v) is 5.39. The van der Waals surface area contributed by atoms with E-state index >= 15 is 0 Å². The number of carbonyl (C=O) groups is 1. The first-order valence-corrected chi connectivity index (χ1v) is 7.73. The van der Waals surface area contributed by atoms with Crippen molar-refractivity contribution >= 4 is 12.1 Å². The molecular weight excluding hydrogens is 304 g/mol. The summed E-state index contributed by atoms with van der Waals surface area (Å²) in [5.41, 5.74) is 1.94. The summed E-state index contributed by atoms with van der Waals surface area (Å²) in [5, 5.41) is 12.5. The molecule has 5 nitrogen and oxygen atoms in total. The first-order valence-electron chi connectivity index (χ1n) is 7.73. The minimum Gasteiger partial charge on any atom is -0.508 e. The molecule has 0 aliphatic carbocycles. The highest BCUT2D eigenvalue weighted by atomic mass is 16.5. The van der Waals surface area contributed by atoms with Crippen molar-refractivity contribution in [3.8, 4) is 11.5 Å². The number of hydrogen-bond donors (Lipinski definition) is 2. The number of nitrogens with zero attached hydrogens (tertiary/aromatic N) is 1. The maximum atomic E-state index is 12.5. The van der Waals surface area contributed by atoms with Crippen LogP contribution >= 0.6 is 0 Å². The van der Waals surface area contributed by atoms with Crippen molar-refractivity contribution in [2.24, 2.45) is 4.99 Å². The van der Waals surface area contributed by atoms with Crippen molar-refractivity contribution in [2.75, 3.05) is 6.54 Å². The predicted octanol–water partition coefficient (Wildman–Crippen LogP) is 3.06. The van der Waals surface area contributed by atoms with Crippen molar-refractivity contribution in [1.82, 2.24) is 5.32 Å². The second-order valence-electron chi connectivity index (χ2n) is 5.39. The monoisotopic (exact) mass is 322 g/mol. The van der Waals surface area contributed by atoms with Gasteiger partial charge in [-0.25, -0.2) is 0 Å². The number of aliphatic imine (C=N–C) groups is 1. The highest BCUT2D eigenvalue weighted by molar-refractivity contribution is 6.01. The lowest BCUT2D eigenvalue weighted by molar-refractivity contribution is 0.0963. The van der Waals surface area contributed by atoms with Gasteiger partial charge in [-0.15, -0.1) is 0 Å². The predicted molar refractivity (Wildman–Crippen MR) is 92.4 cm³/mol. The second kappa shape index (κ2) is 7.46. The van der Waals surface area contributed by atoms with Gasteiger partial charge in [-0.05, 0) is 30.2 Å². The molecule has 1 aliphatic rings. The number of aromatic hydroxyl groups is 1. The number of rotatable bonds is 5. The third-order valence-corrected chi connectivity index (χ3v) is 3.56. The maximum Gasteiger partial charge on any atom is 0.259 e. The molecule has 0 fully saturated rings. The van der Waals surface area contributed by atoms with Crippen LogP contribution in [0.25, 0.3) is 0 Å². The Bertz CT molecular complexity index is 782. The van der Waals surface area contributed by atoms with E-state index in [1.165, 1.54) is 12.1 Å². The Morgan fingerprint density at radius 3 is 2.79 bits per heavy atom. The highest BCUT2D eigenvalue weighted by Crippen LogP contribution is 2.24. The molecule has 1 heterocycles. The Morgan fingerprint density at radius 2 is 2.04 bits per heavy atom. The van der Waals surface area contributed by atoms with Crippen molar-refractivity contribution in [3.63, 3.8) is 0 Å². The molecule has 0 radical (unpaired) electrons. The fourth-order valence-corrected chi connectivity index (χ4v) is 2.35. The molecule has 2 aromatic rings. The van der Waals surface area contributed by atoms with E-state index in [2.05, 4.69) is 10.3 Å². The van der Waals surface area contributed by atoms with Gasteiger partial charge in [0.15, 0.2) is 0 Å². The molecule has 3 rings (SSSR count). The van der Waals surface area contributed by atoms with Gasteiger partial charge < -0.3 is 15.2 Å². The minimum absolute atomic E-state index is 0.0125. The smallest absolute Gasteiger partial charge is 0.259 e. The number of carbonyl (C=O) groups excluding carboxylic acids is 1. The first kappa shape index (κ1) is 15.8. The number of ether oxygens (including phenoxy) is 1. The zero-order valence-electron chi connectivity index (χ0n) is 13.1. The van der Waals surface area contributed by atoms with Gasteiger partial charge in [-0.1, -0.05) is 36.4 Å². The molecule has 1 amide bonds. The lowest BCUT2D eigenvalue weighted by Gasteiger charge is -2.13. The summed E-state index contributed by atoms with van der Waals surface area (Å²) in [6.07, 6.45) is 4.34. The van der Waals surface area contributed by atoms with Gasteiger partial charge in [0.05, 0.1) is 11.3 Å². The third-order valence-electron chi connectivity index (χ3n) is 3.56. The van der Waals surface area contributed by atoms with Crippen molar-refractivity contribution in [2.45, 2.75) is 13.0 Å². The molecule has 0 saturated carbocycles. The van der Waals surface area contributed by atoms with E-state index in [9.17, 15) is 9.90 Å². The van der Waals surface area contributed by atoms with E-state index in [0.717, 1.165) is 18.5 Å². The average molecular weight is 322 g/mol. The SMILES string of the molecule is O=C(NC1=CCCN=C1)c1cc(O)ccc1OCc1ccccc1. The summed E-state index contributed by atoms with van der Waals surface area (Å²) in [7, 11) is 0. The Labute approximate surface area is 140 Å². The van der Waals surface area contributed by atoms with Crippen LogP contribution in [-0.2, 0) is 6.61 Å². The number of phenolic OH excluding ortho intramolecular Hbond substituents is 1. The molecule has 24 heavy (non-hydrogen) atoms. The van der Waals surface area contributed by atoms with Gasteiger partial charge in [-0.3, -0.25) is 9.79 Å². The van der Waals surface area contributed by atoms with E-state index < -0.39 is 0 Å². The normalized spacial score (nSPS) is 13.2. The molecule has 5 heteroatoms. The van der Waals surface area contributed by atoms with E-state index in [-0.39, 0.29) is 17.2 Å². The van der Waals surface area contributed by atoms with Gasteiger partial charge in [0, 0.05) is 12.8 Å². The molecule has 122 valence electrons. The highest BCUT2D eigenvalue weighted by Gasteiger charge is 2.15. The molecule has 2 aromatic carbocycles. The molecule has 0 saturated heterocycles. The summed E-state index contributed by atoms with van der Waals surface area (Å²) in [6.45, 7) is 1.08. The number of hydrogen-bond acceptors (Lipinski definition) is 4. The van der Waals surface area contributed by atoms with Gasteiger partial charge in [0.25, 0.3) is 5.91 Å². The van der Waals surface area contributed by atoms with Crippen molar-refractivity contribution in [3.05, 3.63) is 71.4 Å². The molecule has 0 bridgehead atoms. The summed E-state index contributed by atoms with van der Waals surface area (Å²) in [5.74, 6) is 0.0922. The van der Waals surface area contributed by atoms with Crippen LogP contribution in [0.2, 0.25) is 0 Å². The van der Waals surface area contributed by atoms with Crippen LogP contribution in [0.3, 0.4) is 0 Å². The van der Waals surface area contributed by atoms with Crippen molar-refractivity contribution in [1.29, 1.82) is 0 Å². The largest absolute Gasteiger partial charge is 0.508 e. The van der Waals surface area contributed by atoms with Gasteiger partial charge in [0.1, 0.15) is 18.1 Å². The van der Waals surface area contributed by atoms with Crippen molar-refractivity contribution < 1.29 is 14.6 Å². The van der Waals surface area contributed by atoms with Crippen LogP contribution < -0.4 is 10.1 Å². The van der Waals surface area contributed by atoms with E-state index in [1.807, 2.05) is 36.4 Å². The molecule has 2 N–H and O–H groups in total. The summed E-state index contributed by atoms with van der Waals surface area (Å²) in [4.78, 5) is 16.6. The standard InChI is InChI=1S/C19H18N2O3/c22-16-8-9-18(24-13-14-5-2-1-3-6-14)17(11-16)19(23)21-15-7-4-10-20-12-15/h1-3,5-9,11-12,22H,4,10,13H2,(H,21,23). The maximum absolute atomic E-state index is 12.5. The van der Waals surface area contributed by atoms with Crippen LogP contribution in [0.15, 0.2) is 65.3 Å². The molecule has 0 spiro atoms. The Hall–Kier alpha value is -3.08. The Morgan fingerprint density at radius 1 is 1.21 bits per heavy atom. The van der Waals surface area contributed by atoms with Crippen LogP contribution in [0.4, 0.5) is 0 Å². The molecule has 0 atom stereocenters. The molecule has 0 aromatic heterocycles. The third kappa shape index (κ3) is 4.01. The Balaban J connectivity index is 1.76. The molecular formula is C19H18N2O3. The number of benzene rings is 2. The van der Waals surface area contributed by atoms with E-state index in [4.69, 9.17) is 4.74 Å². The zero-order valence-corrected chi connectivity index (χ0v) is 13.1. The molecule has 1 aliphatic heterocycles. The number of amides is 1. The van der Waals surface area contributed by atoms with Gasteiger partial charge in [-0.2, -0.15) is 0 Å². The number of allylic oxidation sites excluding steroid dienone is 1. The number of dihydropyridines is 1. The fraction of sp³-hybridized carbons (Fsp3) is 0.158.